The van der Waals surface area contributed by atoms with Gasteiger partial charge in [-0.25, -0.2) is 0 Å². The first kappa shape index (κ1) is 16.2. The van der Waals surface area contributed by atoms with E-state index in [4.69, 9.17) is 15.8 Å². The summed E-state index contributed by atoms with van der Waals surface area (Å²) in [5, 5.41) is 36.5. The van der Waals surface area contributed by atoms with Crippen molar-refractivity contribution in [1.29, 1.82) is 21.0 Å². The lowest BCUT2D eigenvalue weighted by Gasteiger charge is -2.31. The van der Waals surface area contributed by atoms with Gasteiger partial charge in [0.2, 0.25) is 0 Å². The normalized spacial score (nSPS) is 21.1. The minimum Gasteiger partial charge on any atom is -0.307 e. The number of nitrogens with zero attached hydrogens (tertiary/aromatic N) is 8. The van der Waals surface area contributed by atoms with E-state index in [1.165, 1.54) is 0 Å². The summed E-state index contributed by atoms with van der Waals surface area (Å²) in [4.78, 5) is 6.23. The maximum Gasteiger partial charge on any atom is 0.179 e. The first-order chi connectivity index (χ1) is 10.1. The molecule has 0 N–H and O–H groups in total. The summed E-state index contributed by atoms with van der Waals surface area (Å²) in [6, 6.07) is -0.120. The topological polar surface area (TPSA) is 108 Å². The van der Waals surface area contributed by atoms with Gasteiger partial charge in [0.15, 0.2) is 24.8 Å². The molecule has 1 unspecified atom stereocenters. The summed E-state index contributed by atoms with van der Waals surface area (Å²) in [6.45, 7) is 4.89. The van der Waals surface area contributed by atoms with Crippen LogP contribution in [0.4, 0.5) is 0 Å². The Balaban J connectivity index is 2.82. The second-order valence-corrected chi connectivity index (χ2v) is 4.86. The van der Waals surface area contributed by atoms with Crippen LogP contribution in [0.15, 0.2) is 0 Å². The SMILES string of the molecule is CC1CN(C#N)CCN(C#N)CCN(C#N)CCN1C#N. The molecule has 0 aromatic heterocycles. The predicted octanol–water partition coefficient (Wildman–Crippen LogP) is -0.479. The molecule has 1 rings (SSSR count). The highest BCUT2D eigenvalue weighted by Crippen LogP contribution is 2.03. The molecule has 21 heavy (non-hydrogen) atoms. The maximum atomic E-state index is 9.19. The highest BCUT2D eigenvalue weighted by Gasteiger charge is 2.18. The molecule has 110 valence electrons. The van der Waals surface area contributed by atoms with Crippen LogP contribution in [0.2, 0.25) is 0 Å². The van der Waals surface area contributed by atoms with Crippen molar-refractivity contribution in [3.63, 3.8) is 0 Å². The van der Waals surface area contributed by atoms with Crippen molar-refractivity contribution >= 4 is 0 Å². The molecular formula is C13H18N8. The van der Waals surface area contributed by atoms with Crippen LogP contribution in [0.3, 0.4) is 0 Å². The van der Waals surface area contributed by atoms with Gasteiger partial charge in [-0.1, -0.05) is 0 Å². The lowest BCUT2D eigenvalue weighted by molar-refractivity contribution is 0.196. The maximum absolute atomic E-state index is 9.19. The Morgan fingerprint density at radius 1 is 0.667 bits per heavy atom. The minimum absolute atomic E-state index is 0.120. The molecule has 0 aromatic rings. The van der Waals surface area contributed by atoms with E-state index in [2.05, 4.69) is 24.8 Å². The molecule has 1 heterocycles. The lowest BCUT2D eigenvalue weighted by Crippen LogP contribution is -2.45. The average Bonchev–Trinajstić information content (AvgIpc) is 2.50. The van der Waals surface area contributed by atoms with E-state index >= 15 is 0 Å². The first-order valence-corrected chi connectivity index (χ1v) is 6.75. The monoisotopic (exact) mass is 286 g/mol. The molecule has 0 radical (unpaired) electrons. The van der Waals surface area contributed by atoms with Crippen molar-refractivity contribution in [2.24, 2.45) is 0 Å². The molecule has 1 aliphatic heterocycles. The Morgan fingerprint density at radius 2 is 1.10 bits per heavy atom. The molecule has 0 saturated carbocycles. The third-order valence-electron chi connectivity index (χ3n) is 3.46. The summed E-state index contributed by atoms with van der Waals surface area (Å²) in [6.07, 6.45) is 8.36. The minimum atomic E-state index is -0.120. The Labute approximate surface area is 125 Å². The molecule has 0 spiro atoms. The summed E-state index contributed by atoms with van der Waals surface area (Å²) < 4.78 is 0. The molecule has 1 aliphatic rings. The highest BCUT2D eigenvalue weighted by molar-refractivity contribution is 4.89. The third kappa shape index (κ3) is 4.97. The Hall–Kier alpha value is -2.84. The van der Waals surface area contributed by atoms with E-state index in [9.17, 15) is 5.26 Å². The Kier molecular flexibility index (Phi) is 6.45. The van der Waals surface area contributed by atoms with Crippen LogP contribution < -0.4 is 0 Å². The number of rotatable bonds is 0. The lowest BCUT2D eigenvalue weighted by atomic mass is 10.2. The Morgan fingerprint density at radius 3 is 1.52 bits per heavy atom. The number of hydrogen-bond acceptors (Lipinski definition) is 8. The van der Waals surface area contributed by atoms with Gasteiger partial charge in [0.1, 0.15) is 0 Å². The fraction of sp³-hybridized carbons (Fsp3) is 0.692. The average molecular weight is 286 g/mol. The van der Waals surface area contributed by atoms with Crippen LogP contribution in [0.25, 0.3) is 0 Å². The van der Waals surface area contributed by atoms with Gasteiger partial charge in [-0.3, -0.25) is 0 Å². The van der Waals surface area contributed by atoms with E-state index in [0.717, 1.165) is 0 Å². The zero-order chi connectivity index (χ0) is 15.7. The van der Waals surface area contributed by atoms with Gasteiger partial charge in [-0.15, -0.1) is 0 Å². The van der Waals surface area contributed by atoms with Crippen molar-refractivity contribution in [2.45, 2.75) is 13.0 Å². The van der Waals surface area contributed by atoms with E-state index < -0.39 is 0 Å². The highest BCUT2D eigenvalue weighted by atomic mass is 15.3. The van der Waals surface area contributed by atoms with E-state index in [1.807, 2.05) is 6.92 Å². The molecule has 8 nitrogen and oxygen atoms in total. The fourth-order valence-corrected chi connectivity index (χ4v) is 2.10. The molecule has 0 aromatic carbocycles. The van der Waals surface area contributed by atoms with Crippen LogP contribution in [-0.4, -0.2) is 71.5 Å². The van der Waals surface area contributed by atoms with E-state index in [-0.39, 0.29) is 6.04 Å². The second-order valence-electron chi connectivity index (χ2n) is 4.86. The van der Waals surface area contributed by atoms with Crippen molar-refractivity contribution in [2.75, 3.05) is 45.8 Å². The van der Waals surface area contributed by atoms with Gasteiger partial charge < -0.3 is 19.6 Å². The zero-order valence-corrected chi connectivity index (χ0v) is 12.1. The van der Waals surface area contributed by atoms with E-state index in [0.29, 0.717) is 45.8 Å². The van der Waals surface area contributed by atoms with Crippen molar-refractivity contribution in [3.8, 4) is 24.8 Å². The van der Waals surface area contributed by atoms with Gasteiger partial charge >= 0.3 is 0 Å². The summed E-state index contributed by atoms with van der Waals surface area (Å²) >= 11 is 0. The van der Waals surface area contributed by atoms with Crippen molar-refractivity contribution in [3.05, 3.63) is 0 Å². The molecule has 0 aliphatic carbocycles. The summed E-state index contributed by atoms with van der Waals surface area (Å²) in [5.41, 5.74) is 0. The van der Waals surface area contributed by atoms with E-state index in [1.54, 1.807) is 19.6 Å². The molecule has 1 fully saturated rings. The number of hydrogen-bond donors (Lipinski definition) is 0. The number of nitriles is 4. The quantitative estimate of drug-likeness (QED) is 0.549. The molecule has 1 atom stereocenters. The Bertz CT molecular complexity index is 490. The summed E-state index contributed by atoms with van der Waals surface area (Å²) in [7, 11) is 0. The zero-order valence-electron chi connectivity index (χ0n) is 12.1. The molecule has 1 saturated heterocycles. The van der Waals surface area contributed by atoms with Crippen LogP contribution >= 0.6 is 0 Å². The molecule has 0 bridgehead atoms. The molecule has 0 amide bonds. The van der Waals surface area contributed by atoms with Gasteiger partial charge in [0.05, 0.1) is 6.04 Å². The van der Waals surface area contributed by atoms with Gasteiger partial charge in [-0.2, -0.15) is 21.0 Å². The molecule has 8 heteroatoms. The van der Waals surface area contributed by atoms with Gasteiger partial charge in [0, 0.05) is 45.8 Å². The van der Waals surface area contributed by atoms with Gasteiger partial charge in [-0.05, 0) is 6.92 Å². The standard InChI is InChI=1S/C13H18N8/c1-13-8-20(11-16)5-4-18(9-14)2-3-19(10-15)6-7-21(13)12-17/h13H,2-8H2,1H3. The van der Waals surface area contributed by atoms with Crippen molar-refractivity contribution in [1.82, 2.24) is 19.6 Å². The predicted molar refractivity (Wildman–Crippen MR) is 73.3 cm³/mol. The fourth-order valence-electron chi connectivity index (χ4n) is 2.10. The summed E-state index contributed by atoms with van der Waals surface area (Å²) in [5.74, 6) is 0. The van der Waals surface area contributed by atoms with Crippen LogP contribution in [0.5, 0.6) is 0 Å². The second kappa shape index (κ2) is 8.35. The van der Waals surface area contributed by atoms with Crippen LogP contribution in [-0.2, 0) is 0 Å². The van der Waals surface area contributed by atoms with Gasteiger partial charge in [0.25, 0.3) is 0 Å². The van der Waals surface area contributed by atoms with Crippen LogP contribution in [0, 0.1) is 45.8 Å². The smallest absolute Gasteiger partial charge is 0.179 e. The molecular weight excluding hydrogens is 268 g/mol. The third-order valence-corrected chi connectivity index (χ3v) is 3.46. The first-order valence-electron chi connectivity index (χ1n) is 6.75. The largest absolute Gasteiger partial charge is 0.307 e. The van der Waals surface area contributed by atoms with Crippen molar-refractivity contribution < 1.29 is 0 Å². The van der Waals surface area contributed by atoms with Crippen LogP contribution in [0.1, 0.15) is 6.92 Å².